The first-order valence-corrected chi connectivity index (χ1v) is 8.08. The Morgan fingerprint density at radius 3 is 2.48 bits per heavy atom. The number of hydrogen-bond donors (Lipinski definition) is 1. The van der Waals surface area contributed by atoms with Crippen LogP contribution in [0.3, 0.4) is 0 Å². The minimum Gasteiger partial charge on any atom is -0.411 e. The Morgan fingerprint density at radius 1 is 1.14 bits per heavy atom. The summed E-state index contributed by atoms with van der Waals surface area (Å²) in [6.45, 7) is 0. The molecule has 0 aliphatic heterocycles. The molecule has 2 aromatic carbocycles. The van der Waals surface area contributed by atoms with Crippen LogP contribution >= 0.6 is 39.1 Å². The number of rotatable bonds is 3. The van der Waals surface area contributed by atoms with Crippen molar-refractivity contribution >= 4 is 44.8 Å². The van der Waals surface area contributed by atoms with Crippen LogP contribution in [0.25, 0.3) is 0 Å². The molecule has 1 fully saturated rings. The molecule has 0 unspecified atom stereocenters. The summed E-state index contributed by atoms with van der Waals surface area (Å²) in [4.78, 5) is 0. The van der Waals surface area contributed by atoms with E-state index in [2.05, 4.69) is 21.1 Å². The maximum atomic E-state index is 9.36. The summed E-state index contributed by atoms with van der Waals surface area (Å²) in [5.41, 5.74) is 2.70. The fraction of sp³-hybridized carbons (Fsp3) is 0.188. The van der Waals surface area contributed by atoms with Gasteiger partial charge in [-0.25, -0.2) is 0 Å². The van der Waals surface area contributed by atoms with Crippen LogP contribution in [0.5, 0.6) is 0 Å². The Hall–Kier alpha value is -1.03. The average Bonchev–Trinajstić information content (AvgIpc) is 3.22. The van der Waals surface area contributed by atoms with E-state index in [9.17, 15) is 5.21 Å². The van der Waals surface area contributed by atoms with Gasteiger partial charge in [0.1, 0.15) is 0 Å². The Kier molecular flexibility index (Phi) is 4.25. The van der Waals surface area contributed by atoms with Crippen LogP contribution in [0.2, 0.25) is 10.0 Å². The van der Waals surface area contributed by atoms with Crippen molar-refractivity contribution in [2.75, 3.05) is 0 Å². The Balaban J connectivity index is 1.84. The minimum atomic E-state index is 0.190. The highest BCUT2D eigenvalue weighted by Crippen LogP contribution is 2.51. The zero-order valence-corrected chi connectivity index (χ0v) is 14.0. The van der Waals surface area contributed by atoms with Gasteiger partial charge in [0.05, 0.1) is 5.71 Å². The van der Waals surface area contributed by atoms with Crippen molar-refractivity contribution in [2.24, 2.45) is 11.1 Å². The molecule has 0 saturated heterocycles. The number of oxime groups is 1. The molecule has 0 bridgehead atoms. The van der Waals surface area contributed by atoms with Gasteiger partial charge in [-0.2, -0.15) is 0 Å². The van der Waals surface area contributed by atoms with Gasteiger partial charge in [0.2, 0.25) is 0 Å². The molecule has 1 saturated carbocycles. The van der Waals surface area contributed by atoms with E-state index in [1.165, 1.54) is 0 Å². The fourth-order valence-electron chi connectivity index (χ4n) is 2.61. The van der Waals surface area contributed by atoms with Crippen LogP contribution < -0.4 is 0 Å². The molecule has 0 amide bonds. The molecular weight excluding hydrogens is 373 g/mol. The van der Waals surface area contributed by atoms with E-state index >= 15 is 0 Å². The molecule has 0 spiro atoms. The van der Waals surface area contributed by atoms with Gasteiger partial charge in [-0.15, -0.1) is 0 Å². The third-order valence-corrected chi connectivity index (χ3v) is 4.84. The maximum Gasteiger partial charge on any atom is 0.0904 e. The van der Waals surface area contributed by atoms with Crippen molar-refractivity contribution in [1.29, 1.82) is 0 Å². The topological polar surface area (TPSA) is 32.6 Å². The summed E-state index contributed by atoms with van der Waals surface area (Å²) >= 11 is 15.6. The Bertz CT molecular complexity index is 700. The van der Waals surface area contributed by atoms with Gasteiger partial charge in [0.25, 0.3) is 0 Å². The molecule has 1 N–H and O–H groups in total. The van der Waals surface area contributed by atoms with E-state index in [1.807, 2.05) is 36.4 Å². The van der Waals surface area contributed by atoms with Gasteiger partial charge < -0.3 is 5.21 Å². The zero-order valence-electron chi connectivity index (χ0n) is 10.9. The third kappa shape index (κ3) is 3.10. The predicted molar refractivity (Wildman–Crippen MR) is 89.8 cm³/mol. The van der Waals surface area contributed by atoms with Crippen LogP contribution in [-0.2, 0) is 0 Å². The summed E-state index contributed by atoms with van der Waals surface area (Å²) < 4.78 is 0.997. The van der Waals surface area contributed by atoms with Crippen molar-refractivity contribution in [1.82, 2.24) is 0 Å². The highest BCUT2D eigenvalue weighted by atomic mass is 79.9. The van der Waals surface area contributed by atoms with Crippen LogP contribution in [0.1, 0.15) is 23.5 Å². The highest BCUT2D eigenvalue weighted by Gasteiger charge is 2.43. The summed E-state index contributed by atoms with van der Waals surface area (Å²) in [6, 6.07) is 13.3. The van der Waals surface area contributed by atoms with Gasteiger partial charge in [-0.1, -0.05) is 62.5 Å². The summed E-state index contributed by atoms with van der Waals surface area (Å²) in [5, 5.41) is 14.2. The maximum absolute atomic E-state index is 9.36. The minimum absolute atomic E-state index is 0.190. The molecule has 2 aromatic rings. The molecule has 0 radical (unpaired) electrons. The van der Waals surface area contributed by atoms with Crippen LogP contribution in [0, 0.1) is 5.92 Å². The highest BCUT2D eigenvalue weighted by molar-refractivity contribution is 9.10. The molecule has 5 heteroatoms. The van der Waals surface area contributed by atoms with E-state index in [0.29, 0.717) is 15.8 Å². The molecule has 1 aliphatic carbocycles. The van der Waals surface area contributed by atoms with Gasteiger partial charge >= 0.3 is 0 Å². The average molecular weight is 385 g/mol. The lowest BCUT2D eigenvalue weighted by atomic mass is 10.0. The summed E-state index contributed by atoms with van der Waals surface area (Å²) in [5.74, 6) is 0.471. The van der Waals surface area contributed by atoms with Gasteiger partial charge in [0, 0.05) is 20.4 Å². The largest absolute Gasteiger partial charge is 0.411 e. The quantitative estimate of drug-likeness (QED) is 0.408. The zero-order chi connectivity index (χ0) is 15.0. The lowest BCUT2D eigenvalue weighted by Gasteiger charge is -2.06. The van der Waals surface area contributed by atoms with Crippen molar-refractivity contribution in [3.63, 3.8) is 0 Å². The molecule has 0 aromatic heterocycles. The molecule has 2 nitrogen and oxygen atoms in total. The van der Waals surface area contributed by atoms with E-state index in [0.717, 1.165) is 22.0 Å². The molecular formula is C16H12BrCl2NO. The van der Waals surface area contributed by atoms with Crippen molar-refractivity contribution in [3.05, 3.63) is 68.1 Å². The Morgan fingerprint density at radius 2 is 1.86 bits per heavy atom. The van der Waals surface area contributed by atoms with E-state index in [-0.39, 0.29) is 11.8 Å². The van der Waals surface area contributed by atoms with E-state index in [1.54, 1.807) is 6.07 Å². The van der Waals surface area contributed by atoms with Gasteiger partial charge in [0.15, 0.2) is 0 Å². The van der Waals surface area contributed by atoms with E-state index in [4.69, 9.17) is 23.2 Å². The molecule has 108 valence electrons. The molecule has 0 heterocycles. The van der Waals surface area contributed by atoms with Gasteiger partial charge in [-0.3, -0.25) is 0 Å². The summed E-state index contributed by atoms with van der Waals surface area (Å²) in [6.07, 6.45) is 0.927. The first kappa shape index (κ1) is 14.9. The second-order valence-corrected chi connectivity index (χ2v) is 6.87. The molecule has 3 rings (SSSR count). The lowest BCUT2D eigenvalue weighted by molar-refractivity contribution is 0.317. The molecule has 21 heavy (non-hydrogen) atoms. The van der Waals surface area contributed by atoms with E-state index < -0.39 is 0 Å². The predicted octanol–water partition coefficient (Wildman–Crippen LogP) is 5.74. The second kappa shape index (κ2) is 5.99. The summed E-state index contributed by atoms with van der Waals surface area (Å²) in [7, 11) is 0. The number of hydrogen-bond acceptors (Lipinski definition) is 2. The van der Waals surface area contributed by atoms with Crippen molar-refractivity contribution in [2.45, 2.75) is 12.3 Å². The molecule has 2 atom stereocenters. The third-order valence-electron chi connectivity index (χ3n) is 3.75. The lowest BCUT2D eigenvalue weighted by Crippen LogP contribution is -2.05. The second-order valence-electron chi connectivity index (χ2n) is 5.11. The van der Waals surface area contributed by atoms with Crippen molar-refractivity contribution in [3.8, 4) is 0 Å². The number of halogens is 3. The van der Waals surface area contributed by atoms with Crippen molar-refractivity contribution < 1.29 is 5.21 Å². The first-order valence-electron chi connectivity index (χ1n) is 6.53. The SMILES string of the molecule is O/N=C(/c1ccc(Br)cc1)[C@@H]1C[C@H]1c1ccc(Cl)cc1Cl. The van der Waals surface area contributed by atoms with Gasteiger partial charge in [-0.05, 0) is 47.7 Å². The number of nitrogens with zero attached hydrogens (tertiary/aromatic N) is 1. The molecule has 1 aliphatic rings. The first-order chi connectivity index (χ1) is 10.1. The Labute approximate surface area is 141 Å². The smallest absolute Gasteiger partial charge is 0.0904 e. The standard InChI is InChI=1S/C16H12BrCl2NO/c17-10-3-1-9(2-4-10)16(20-21)14-8-13(14)12-6-5-11(18)7-15(12)19/h1-7,13-14,21H,8H2/b20-16-/t13-,14+/m0/s1. The fourth-order valence-corrected chi connectivity index (χ4v) is 3.42. The van der Waals surface area contributed by atoms with Crippen LogP contribution in [0.15, 0.2) is 52.1 Å². The van der Waals surface area contributed by atoms with Crippen LogP contribution in [-0.4, -0.2) is 10.9 Å². The normalized spacial score (nSPS) is 21.4. The monoisotopic (exact) mass is 383 g/mol. The number of benzene rings is 2. The van der Waals surface area contributed by atoms with Crippen LogP contribution in [0.4, 0.5) is 0 Å².